The molecule has 3 rings (SSSR count). The topological polar surface area (TPSA) is 95.2 Å². The smallest absolute Gasteiger partial charge is 0.223 e. The van der Waals surface area contributed by atoms with Crippen molar-refractivity contribution in [3.05, 3.63) is 29.7 Å². The minimum Gasteiger partial charge on any atom is -0.474 e. The second-order valence-corrected chi connectivity index (χ2v) is 9.61. The van der Waals surface area contributed by atoms with Crippen molar-refractivity contribution in [3.63, 3.8) is 0 Å². The van der Waals surface area contributed by atoms with Crippen molar-refractivity contribution >= 4 is 20.6 Å². The highest BCUT2D eigenvalue weighted by Crippen LogP contribution is 2.36. The molecule has 1 aliphatic carbocycles. The van der Waals surface area contributed by atoms with Gasteiger partial charge in [0.1, 0.15) is 6.10 Å². The van der Waals surface area contributed by atoms with E-state index in [0.29, 0.717) is 18.7 Å². The van der Waals surface area contributed by atoms with E-state index in [1.165, 1.54) is 6.26 Å². The molecule has 2 aromatic rings. The van der Waals surface area contributed by atoms with Crippen molar-refractivity contribution < 1.29 is 13.2 Å². The molecule has 0 spiro atoms. The van der Waals surface area contributed by atoms with Gasteiger partial charge in [0.2, 0.25) is 5.88 Å². The normalized spacial score (nSPS) is 23.1. The molecule has 0 saturated heterocycles. The lowest BCUT2D eigenvalue weighted by Crippen LogP contribution is -2.42. The van der Waals surface area contributed by atoms with Crippen LogP contribution in [0.3, 0.4) is 0 Å². The molecular formula is C18H25N3O3S. The molecule has 2 heterocycles. The van der Waals surface area contributed by atoms with Crippen LogP contribution in [0.4, 0.5) is 0 Å². The van der Waals surface area contributed by atoms with E-state index < -0.39 is 15.4 Å². The Morgan fingerprint density at radius 2 is 1.96 bits per heavy atom. The van der Waals surface area contributed by atoms with Crippen molar-refractivity contribution in [1.29, 1.82) is 0 Å². The number of aryl methyl sites for hydroxylation is 1. The first kappa shape index (κ1) is 18.1. The van der Waals surface area contributed by atoms with Crippen LogP contribution in [0.2, 0.25) is 0 Å². The van der Waals surface area contributed by atoms with Gasteiger partial charge in [-0.25, -0.2) is 13.4 Å². The van der Waals surface area contributed by atoms with E-state index in [2.05, 4.69) is 9.97 Å². The van der Waals surface area contributed by atoms with Crippen LogP contribution in [-0.4, -0.2) is 36.0 Å². The molecule has 0 radical (unpaired) electrons. The maximum Gasteiger partial charge on any atom is 0.223 e. The maximum atomic E-state index is 11.6. The predicted octanol–water partition coefficient (Wildman–Crippen LogP) is 2.48. The summed E-state index contributed by atoms with van der Waals surface area (Å²) in [7, 11) is -3.00. The summed E-state index contributed by atoms with van der Waals surface area (Å²) in [4.78, 5) is 8.83. The lowest BCUT2D eigenvalue weighted by atomic mass is 9.88. The van der Waals surface area contributed by atoms with E-state index >= 15 is 0 Å². The zero-order valence-corrected chi connectivity index (χ0v) is 15.9. The molecular weight excluding hydrogens is 338 g/mol. The molecule has 1 aliphatic rings. The van der Waals surface area contributed by atoms with E-state index in [-0.39, 0.29) is 11.4 Å². The van der Waals surface area contributed by atoms with Gasteiger partial charge in [0, 0.05) is 42.7 Å². The number of pyridine rings is 2. The van der Waals surface area contributed by atoms with E-state index in [4.69, 9.17) is 10.5 Å². The average molecular weight is 363 g/mol. The summed E-state index contributed by atoms with van der Waals surface area (Å²) in [6.45, 7) is 5.97. The number of sulfone groups is 1. The molecule has 7 heteroatoms. The molecule has 1 saturated carbocycles. The summed E-state index contributed by atoms with van der Waals surface area (Å²) < 4.78 is 29.1. The van der Waals surface area contributed by atoms with Gasteiger partial charge in [-0.2, -0.15) is 0 Å². The fourth-order valence-electron chi connectivity index (χ4n) is 3.08. The van der Waals surface area contributed by atoms with E-state index in [9.17, 15) is 8.42 Å². The molecule has 0 aliphatic heterocycles. The van der Waals surface area contributed by atoms with Gasteiger partial charge in [0.05, 0.1) is 10.6 Å². The Morgan fingerprint density at radius 1 is 1.28 bits per heavy atom. The van der Waals surface area contributed by atoms with Crippen LogP contribution >= 0.6 is 0 Å². The number of aromatic nitrogens is 2. The zero-order valence-electron chi connectivity index (χ0n) is 15.1. The number of fused-ring (bicyclic) bond motifs is 1. The van der Waals surface area contributed by atoms with E-state index in [1.807, 2.05) is 26.8 Å². The van der Waals surface area contributed by atoms with E-state index in [1.54, 1.807) is 12.4 Å². The highest BCUT2D eigenvalue weighted by Gasteiger charge is 2.38. The van der Waals surface area contributed by atoms with Crippen molar-refractivity contribution in [1.82, 2.24) is 9.97 Å². The van der Waals surface area contributed by atoms with Gasteiger partial charge >= 0.3 is 0 Å². The molecule has 1 fully saturated rings. The van der Waals surface area contributed by atoms with Gasteiger partial charge in [0.15, 0.2) is 9.84 Å². The van der Waals surface area contributed by atoms with Gasteiger partial charge in [-0.1, -0.05) is 6.92 Å². The molecule has 0 amide bonds. The third-order valence-corrected chi connectivity index (χ3v) is 6.75. The Labute approximate surface area is 148 Å². The minimum absolute atomic E-state index is 0.127. The fourth-order valence-corrected chi connectivity index (χ4v) is 4.20. The molecule has 25 heavy (non-hydrogen) atoms. The minimum atomic E-state index is -3.00. The van der Waals surface area contributed by atoms with Gasteiger partial charge in [-0.15, -0.1) is 0 Å². The zero-order chi connectivity index (χ0) is 18.4. The van der Waals surface area contributed by atoms with Gasteiger partial charge in [0.25, 0.3) is 0 Å². The predicted molar refractivity (Wildman–Crippen MR) is 98.4 cm³/mol. The molecule has 0 bridgehead atoms. The number of nitrogens with two attached hydrogens (primary N) is 1. The molecule has 0 aromatic carbocycles. The van der Waals surface area contributed by atoms with Crippen molar-refractivity contribution in [2.24, 2.45) is 5.73 Å². The summed E-state index contributed by atoms with van der Waals surface area (Å²) in [5, 5.41) is 1.50. The Kier molecular flexibility index (Phi) is 4.49. The Balaban J connectivity index is 1.95. The Hall–Kier alpha value is -1.73. The summed E-state index contributed by atoms with van der Waals surface area (Å²) in [6.07, 6.45) is 6.47. The quantitative estimate of drug-likeness (QED) is 0.877. The van der Waals surface area contributed by atoms with E-state index in [0.717, 1.165) is 28.5 Å². The third-order valence-electron chi connectivity index (χ3n) is 5.16. The molecule has 2 N–H and O–H groups in total. The largest absolute Gasteiger partial charge is 0.474 e. The third kappa shape index (κ3) is 3.48. The summed E-state index contributed by atoms with van der Waals surface area (Å²) in [6, 6.07) is 2.00. The van der Waals surface area contributed by atoms with Gasteiger partial charge < -0.3 is 10.5 Å². The van der Waals surface area contributed by atoms with Crippen LogP contribution in [0.25, 0.3) is 10.8 Å². The first-order valence-corrected chi connectivity index (χ1v) is 10.5. The van der Waals surface area contributed by atoms with Gasteiger partial charge in [-0.3, -0.25) is 4.98 Å². The Morgan fingerprint density at radius 3 is 2.56 bits per heavy atom. The van der Waals surface area contributed by atoms with Crippen molar-refractivity contribution in [2.45, 2.75) is 56.9 Å². The highest BCUT2D eigenvalue weighted by atomic mass is 32.2. The summed E-state index contributed by atoms with van der Waals surface area (Å²) in [5.41, 5.74) is 7.81. The van der Waals surface area contributed by atoms with Crippen molar-refractivity contribution in [2.75, 3.05) is 6.26 Å². The van der Waals surface area contributed by atoms with Crippen LogP contribution in [0.1, 0.15) is 44.4 Å². The van der Waals surface area contributed by atoms with Crippen LogP contribution in [0.15, 0.2) is 18.5 Å². The molecule has 6 nitrogen and oxygen atoms in total. The number of rotatable bonds is 5. The highest BCUT2D eigenvalue weighted by molar-refractivity contribution is 7.91. The molecule has 1 atom stereocenters. The van der Waals surface area contributed by atoms with Gasteiger partial charge in [-0.05, 0) is 37.3 Å². The summed E-state index contributed by atoms with van der Waals surface area (Å²) >= 11 is 0. The fraction of sp³-hybridized carbons (Fsp3) is 0.556. The second kappa shape index (κ2) is 6.21. The summed E-state index contributed by atoms with van der Waals surface area (Å²) in [5.74, 6) is 0.495. The Bertz CT molecular complexity index is 903. The second-order valence-electron chi connectivity index (χ2n) is 7.28. The van der Waals surface area contributed by atoms with Crippen molar-refractivity contribution in [3.8, 4) is 5.88 Å². The first-order chi connectivity index (χ1) is 11.6. The molecule has 136 valence electrons. The number of hydrogen-bond acceptors (Lipinski definition) is 6. The monoisotopic (exact) mass is 363 g/mol. The first-order valence-electron chi connectivity index (χ1n) is 8.52. The number of ether oxygens (including phenoxy) is 1. The molecule has 2 aromatic heterocycles. The lowest BCUT2D eigenvalue weighted by molar-refractivity contribution is 0.119. The van der Waals surface area contributed by atoms with Crippen LogP contribution in [0, 0.1) is 6.92 Å². The number of hydrogen-bond donors (Lipinski definition) is 1. The van der Waals surface area contributed by atoms with Crippen LogP contribution in [-0.2, 0) is 15.4 Å². The maximum absolute atomic E-state index is 11.6. The standard InChI is InChI=1S/C18H25N3O3S/c1-5-18(3,19)16-10-21-17(15-9-20-11(2)6-14(15)16)24-12-7-13(8-12)25(4,22)23/h6,9-10,12-13H,5,7-8,19H2,1-4H3/t12-,13+,18-/m1/s1. The molecule has 0 unspecified atom stereocenters. The lowest BCUT2D eigenvalue weighted by Gasteiger charge is -2.34. The SMILES string of the molecule is CC[C@@](C)(N)c1cnc(O[C@H]2C[C@@H](S(C)(=O)=O)C2)c2cnc(C)cc12. The van der Waals surface area contributed by atoms with Crippen LogP contribution < -0.4 is 10.5 Å². The average Bonchev–Trinajstić information content (AvgIpc) is 2.48. The number of nitrogens with zero attached hydrogens (tertiary/aromatic N) is 2. The van der Waals surface area contributed by atoms with Crippen LogP contribution in [0.5, 0.6) is 5.88 Å².